The van der Waals surface area contributed by atoms with E-state index in [0.717, 1.165) is 0 Å². The minimum absolute atomic E-state index is 0.138. The second-order valence-electron chi connectivity index (χ2n) is 10.0. The molecule has 0 aliphatic carbocycles. The molecule has 4 N–H and O–H groups in total. The zero-order chi connectivity index (χ0) is 27.9. The van der Waals surface area contributed by atoms with Gasteiger partial charge in [0.05, 0.1) is 11.4 Å². The molecule has 10 nitrogen and oxygen atoms in total. The van der Waals surface area contributed by atoms with Gasteiger partial charge < -0.3 is 25.8 Å². The number of rotatable bonds is 6. The number of carboxylic acids is 1. The summed E-state index contributed by atoms with van der Waals surface area (Å²) in [6.45, 7) is 3.44. The van der Waals surface area contributed by atoms with Crippen molar-refractivity contribution in [2.75, 3.05) is 30.3 Å². The van der Waals surface area contributed by atoms with Crippen LogP contribution in [0.1, 0.15) is 36.6 Å². The fourth-order valence-electron chi connectivity index (χ4n) is 5.26. The lowest BCUT2D eigenvalue weighted by molar-refractivity contribution is -0.198. The third kappa shape index (κ3) is 5.81. The number of nitrogen functional groups attached to an aromatic ring is 1. The lowest BCUT2D eigenvalue weighted by atomic mass is 9.76. The molecule has 0 bridgehead atoms. The Morgan fingerprint density at radius 1 is 1.26 bits per heavy atom. The van der Waals surface area contributed by atoms with Gasteiger partial charge in [-0.3, -0.25) is 4.79 Å². The summed E-state index contributed by atoms with van der Waals surface area (Å²) in [7, 11) is 0. The maximum Gasteiger partial charge on any atom is 0.429 e. The average molecular weight is 610 g/mol. The number of alkyl halides is 3. The zero-order valence-corrected chi connectivity index (χ0v) is 22.5. The Bertz CT molecular complexity index is 1380. The normalized spacial score (nSPS) is 19.8. The number of nitrogens with one attached hydrogen (secondary N) is 1. The maximum atomic E-state index is 14.4. The van der Waals surface area contributed by atoms with Gasteiger partial charge in [-0.25, -0.2) is 4.68 Å². The van der Waals surface area contributed by atoms with Crippen molar-refractivity contribution in [1.82, 2.24) is 25.1 Å². The third-order valence-electron chi connectivity index (χ3n) is 7.29. The average Bonchev–Trinajstić information content (AvgIpc) is 3.48. The van der Waals surface area contributed by atoms with E-state index in [2.05, 4.69) is 36.3 Å². The van der Waals surface area contributed by atoms with Crippen molar-refractivity contribution in [1.29, 1.82) is 0 Å². The number of aliphatic carboxylic acids is 1. The van der Waals surface area contributed by atoms with Crippen molar-refractivity contribution in [2.24, 2.45) is 5.41 Å². The molecule has 0 radical (unpaired) electrons. The van der Waals surface area contributed by atoms with Crippen LogP contribution in [0.5, 0.6) is 5.88 Å². The highest BCUT2D eigenvalue weighted by Crippen LogP contribution is 2.42. The summed E-state index contributed by atoms with van der Waals surface area (Å²) < 4.78 is 50.6. The number of halogens is 4. The molecule has 2 aromatic heterocycles. The van der Waals surface area contributed by atoms with Gasteiger partial charge in [0.15, 0.2) is 0 Å². The van der Waals surface area contributed by atoms with Gasteiger partial charge in [0.2, 0.25) is 17.9 Å². The molecule has 2 saturated heterocycles. The number of piperidine rings is 1. The highest BCUT2D eigenvalue weighted by molar-refractivity contribution is 9.10. The SMILES string of the molecule is Cc1ccn(-c2ccc(Br)cc2[C@@H](Oc2cc(N3CCC4(CC3)CNC(C(=O)O)C4)nc(N)n2)C(F)(F)F)n1. The first-order valence-corrected chi connectivity index (χ1v) is 13.1. The van der Waals surface area contributed by atoms with Crippen LogP contribution in [0.25, 0.3) is 5.69 Å². The minimum Gasteiger partial charge on any atom is -0.480 e. The second kappa shape index (κ2) is 10.3. The van der Waals surface area contributed by atoms with Gasteiger partial charge in [0, 0.05) is 41.9 Å². The lowest BCUT2D eigenvalue weighted by Gasteiger charge is -2.39. The summed E-state index contributed by atoms with van der Waals surface area (Å²) in [6, 6.07) is 6.99. The van der Waals surface area contributed by atoms with E-state index >= 15 is 0 Å². The first-order valence-electron chi connectivity index (χ1n) is 12.3. The van der Waals surface area contributed by atoms with Crippen LogP contribution in [0, 0.1) is 12.3 Å². The van der Waals surface area contributed by atoms with Gasteiger partial charge in [-0.2, -0.15) is 28.2 Å². The molecule has 208 valence electrons. The van der Waals surface area contributed by atoms with Crippen LogP contribution in [0.15, 0.2) is 41.0 Å². The first-order chi connectivity index (χ1) is 18.4. The molecule has 3 aromatic rings. The highest BCUT2D eigenvalue weighted by atomic mass is 79.9. The Morgan fingerprint density at radius 2 is 2.00 bits per heavy atom. The first kappa shape index (κ1) is 27.2. The molecule has 2 aliphatic rings. The number of carboxylic acid groups (broad SMARTS) is 1. The van der Waals surface area contributed by atoms with Crippen molar-refractivity contribution in [3.8, 4) is 11.6 Å². The lowest BCUT2D eigenvalue weighted by Crippen LogP contribution is -2.41. The zero-order valence-electron chi connectivity index (χ0n) is 21.0. The van der Waals surface area contributed by atoms with Crippen molar-refractivity contribution in [3.63, 3.8) is 0 Å². The van der Waals surface area contributed by atoms with Crippen LogP contribution in [0.2, 0.25) is 0 Å². The van der Waals surface area contributed by atoms with E-state index in [1.54, 1.807) is 25.3 Å². The number of aryl methyl sites for hydroxylation is 1. The molecule has 2 aliphatic heterocycles. The van der Waals surface area contributed by atoms with Crippen LogP contribution in [0.4, 0.5) is 24.9 Å². The molecular formula is C25H27BrF3N7O3. The minimum atomic E-state index is -4.79. The van der Waals surface area contributed by atoms with E-state index in [0.29, 0.717) is 54.9 Å². The molecule has 1 spiro atoms. The highest BCUT2D eigenvalue weighted by Gasteiger charge is 2.46. The molecule has 14 heteroatoms. The van der Waals surface area contributed by atoms with E-state index in [1.165, 1.54) is 22.9 Å². The molecule has 0 amide bonds. The van der Waals surface area contributed by atoms with Crippen LogP contribution in [-0.2, 0) is 4.79 Å². The van der Waals surface area contributed by atoms with Crippen molar-refractivity contribution < 1.29 is 27.8 Å². The molecule has 5 rings (SSSR count). The number of nitrogens with zero attached hydrogens (tertiary/aromatic N) is 5. The number of benzene rings is 1. The summed E-state index contributed by atoms with van der Waals surface area (Å²) >= 11 is 3.26. The summed E-state index contributed by atoms with van der Waals surface area (Å²) in [5.74, 6) is -1.04. The Hall–Kier alpha value is -3.39. The molecule has 2 fully saturated rings. The van der Waals surface area contributed by atoms with E-state index in [-0.39, 0.29) is 28.5 Å². The largest absolute Gasteiger partial charge is 0.480 e. The Labute approximate surface area is 230 Å². The van der Waals surface area contributed by atoms with Crippen LogP contribution in [0.3, 0.4) is 0 Å². The van der Waals surface area contributed by atoms with Crippen molar-refractivity contribution in [2.45, 2.75) is 44.5 Å². The van der Waals surface area contributed by atoms with E-state index in [1.807, 2.05) is 4.90 Å². The van der Waals surface area contributed by atoms with Gasteiger partial charge in [-0.05, 0) is 55.9 Å². The Kier molecular flexibility index (Phi) is 7.18. The number of ether oxygens (including phenoxy) is 1. The Morgan fingerprint density at radius 3 is 2.62 bits per heavy atom. The van der Waals surface area contributed by atoms with E-state index in [9.17, 15) is 23.1 Å². The number of nitrogens with two attached hydrogens (primary N) is 1. The van der Waals surface area contributed by atoms with Gasteiger partial charge in [-0.15, -0.1) is 0 Å². The fraction of sp³-hybridized carbons (Fsp3) is 0.440. The second-order valence-corrected chi connectivity index (χ2v) is 10.9. The Balaban J connectivity index is 1.40. The summed E-state index contributed by atoms with van der Waals surface area (Å²) in [4.78, 5) is 21.5. The molecule has 1 unspecified atom stereocenters. The topological polar surface area (TPSA) is 131 Å². The summed E-state index contributed by atoms with van der Waals surface area (Å²) in [5, 5.41) is 16.7. The summed E-state index contributed by atoms with van der Waals surface area (Å²) in [6.07, 6.45) is -3.62. The molecular weight excluding hydrogens is 583 g/mol. The predicted octanol–water partition coefficient (Wildman–Crippen LogP) is 4.03. The monoisotopic (exact) mass is 609 g/mol. The molecule has 2 atom stereocenters. The van der Waals surface area contributed by atoms with Gasteiger partial charge in [0.25, 0.3) is 0 Å². The molecule has 4 heterocycles. The quantitative estimate of drug-likeness (QED) is 0.379. The number of hydrogen-bond acceptors (Lipinski definition) is 8. The van der Waals surface area contributed by atoms with Gasteiger partial charge in [0.1, 0.15) is 11.9 Å². The summed E-state index contributed by atoms with van der Waals surface area (Å²) in [5.41, 5.74) is 6.47. The maximum absolute atomic E-state index is 14.4. The number of hydrogen-bond donors (Lipinski definition) is 3. The van der Waals surface area contributed by atoms with E-state index in [4.69, 9.17) is 10.5 Å². The van der Waals surface area contributed by atoms with Crippen LogP contribution >= 0.6 is 15.9 Å². The van der Waals surface area contributed by atoms with Crippen molar-refractivity contribution >= 4 is 33.7 Å². The smallest absolute Gasteiger partial charge is 0.429 e. The van der Waals surface area contributed by atoms with E-state index < -0.39 is 24.3 Å². The standard InChI is InChI=1S/C25H27BrF3N7O3/c1-14-4-7-36(34-14)18-3-2-15(26)10-16(18)21(25(27,28)29)39-20-11-19(32-23(30)33-20)35-8-5-24(6-9-35)12-17(22(37)38)31-13-24/h2-4,7,10-11,17,21,31H,5-6,8-9,12-13H2,1H3,(H,37,38)(H2,30,32,33)/t17?,21-/m1/s1. The third-order valence-corrected chi connectivity index (χ3v) is 7.78. The number of carbonyl (C=O) groups is 1. The number of aromatic nitrogens is 4. The molecule has 1 aromatic carbocycles. The molecule has 0 saturated carbocycles. The molecule has 39 heavy (non-hydrogen) atoms. The van der Waals surface area contributed by atoms with Crippen LogP contribution < -0.4 is 20.7 Å². The number of anilines is 2. The van der Waals surface area contributed by atoms with Gasteiger partial charge in [-0.1, -0.05) is 15.9 Å². The predicted molar refractivity (Wildman–Crippen MR) is 140 cm³/mol. The van der Waals surface area contributed by atoms with Crippen molar-refractivity contribution in [3.05, 3.63) is 52.3 Å². The van der Waals surface area contributed by atoms with Gasteiger partial charge >= 0.3 is 12.1 Å². The van der Waals surface area contributed by atoms with Crippen LogP contribution in [-0.4, -0.2) is 62.7 Å². The fourth-order valence-corrected chi connectivity index (χ4v) is 5.63.